The normalized spacial score (nSPS) is 17.3. The average Bonchev–Trinajstić information content (AvgIpc) is 3.04. The molecule has 1 aliphatic heterocycles. The Morgan fingerprint density at radius 3 is 2.65 bits per heavy atom. The van der Waals surface area contributed by atoms with Gasteiger partial charge >= 0.3 is 0 Å². The van der Waals surface area contributed by atoms with E-state index >= 15 is 0 Å². The SMILES string of the molecule is COCCCN1C(=O)[C@H](CC(=O)Nc2ccc(Br)cc2)SC1=Nc1ccccc1OC. The van der Waals surface area contributed by atoms with E-state index < -0.39 is 5.25 Å². The second-order valence-electron chi connectivity index (χ2n) is 6.77. The number of hydrogen-bond donors (Lipinski definition) is 1. The lowest BCUT2D eigenvalue weighted by atomic mass is 10.2. The van der Waals surface area contributed by atoms with Crippen molar-refractivity contribution in [1.29, 1.82) is 0 Å². The highest BCUT2D eigenvalue weighted by Gasteiger charge is 2.39. The van der Waals surface area contributed by atoms with Crippen molar-refractivity contribution in [2.24, 2.45) is 4.99 Å². The molecule has 1 N–H and O–H groups in total. The Labute approximate surface area is 194 Å². The van der Waals surface area contributed by atoms with Crippen molar-refractivity contribution in [1.82, 2.24) is 4.90 Å². The monoisotopic (exact) mass is 505 g/mol. The van der Waals surface area contributed by atoms with Gasteiger partial charge in [0.1, 0.15) is 16.7 Å². The maximum atomic E-state index is 13.1. The van der Waals surface area contributed by atoms with Gasteiger partial charge in [-0.2, -0.15) is 0 Å². The van der Waals surface area contributed by atoms with Crippen LogP contribution in [0.3, 0.4) is 0 Å². The molecule has 164 valence electrons. The van der Waals surface area contributed by atoms with E-state index in [-0.39, 0.29) is 18.2 Å². The lowest BCUT2D eigenvalue weighted by Crippen LogP contribution is -2.34. The van der Waals surface area contributed by atoms with Gasteiger partial charge in [-0.05, 0) is 42.8 Å². The highest BCUT2D eigenvalue weighted by molar-refractivity contribution is 9.10. The Morgan fingerprint density at radius 1 is 1.19 bits per heavy atom. The number of rotatable bonds is 9. The smallest absolute Gasteiger partial charge is 0.242 e. The predicted octanol–water partition coefficient (Wildman–Crippen LogP) is 4.45. The van der Waals surface area contributed by atoms with Crippen LogP contribution in [0.5, 0.6) is 5.75 Å². The zero-order valence-corrected chi connectivity index (χ0v) is 19.7. The molecule has 0 bridgehead atoms. The molecule has 0 unspecified atom stereocenters. The number of benzene rings is 2. The quantitative estimate of drug-likeness (QED) is 0.509. The molecular weight excluding hydrogens is 482 g/mol. The van der Waals surface area contributed by atoms with Gasteiger partial charge in [0.15, 0.2) is 5.17 Å². The number of nitrogens with one attached hydrogen (secondary N) is 1. The van der Waals surface area contributed by atoms with E-state index in [4.69, 9.17) is 9.47 Å². The van der Waals surface area contributed by atoms with Crippen LogP contribution >= 0.6 is 27.7 Å². The van der Waals surface area contributed by atoms with Crippen LogP contribution in [0.25, 0.3) is 0 Å². The van der Waals surface area contributed by atoms with Crippen molar-refractivity contribution >= 4 is 56.0 Å². The number of hydrogen-bond acceptors (Lipinski definition) is 6. The molecule has 1 fully saturated rings. The molecule has 1 atom stereocenters. The van der Waals surface area contributed by atoms with Crippen LogP contribution in [-0.2, 0) is 14.3 Å². The Bertz CT molecular complexity index is 952. The Balaban J connectivity index is 1.75. The topological polar surface area (TPSA) is 80.2 Å². The number of methoxy groups -OCH3 is 2. The number of amides is 2. The molecule has 9 heteroatoms. The number of nitrogens with zero attached hydrogens (tertiary/aromatic N) is 2. The number of thioether (sulfide) groups is 1. The van der Waals surface area contributed by atoms with Gasteiger partial charge in [-0.3, -0.25) is 14.5 Å². The third-order valence-electron chi connectivity index (χ3n) is 4.55. The molecule has 1 heterocycles. The number of anilines is 1. The van der Waals surface area contributed by atoms with Crippen LogP contribution in [0, 0.1) is 0 Å². The first-order chi connectivity index (χ1) is 15.0. The van der Waals surface area contributed by atoms with Gasteiger partial charge in [-0.15, -0.1) is 0 Å². The second-order valence-corrected chi connectivity index (χ2v) is 8.85. The van der Waals surface area contributed by atoms with E-state index in [0.29, 0.717) is 41.9 Å². The second kappa shape index (κ2) is 11.3. The van der Waals surface area contributed by atoms with E-state index in [2.05, 4.69) is 26.2 Å². The molecule has 1 aliphatic rings. The molecule has 0 aliphatic carbocycles. The molecule has 2 aromatic rings. The zero-order valence-electron chi connectivity index (χ0n) is 17.3. The number of para-hydroxylation sites is 2. The highest BCUT2D eigenvalue weighted by atomic mass is 79.9. The first kappa shape index (κ1) is 23.3. The van der Waals surface area contributed by atoms with Crippen molar-refractivity contribution in [2.45, 2.75) is 18.1 Å². The average molecular weight is 506 g/mol. The number of carbonyl (C=O) groups excluding carboxylic acids is 2. The number of aliphatic imine (C=N–C) groups is 1. The maximum Gasteiger partial charge on any atom is 0.242 e. The summed E-state index contributed by atoms with van der Waals surface area (Å²) in [4.78, 5) is 31.9. The van der Waals surface area contributed by atoms with Crippen molar-refractivity contribution in [3.63, 3.8) is 0 Å². The standard InChI is InChI=1S/C22H24BrN3O4S/c1-29-13-5-12-26-21(28)19(14-20(27)24-16-10-8-15(23)9-11-16)31-22(26)25-17-6-3-4-7-18(17)30-2/h3-4,6-11,19H,5,12-14H2,1-2H3,(H,24,27)/t19-/m0/s1. The summed E-state index contributed by atoms with van der Waals surface area (Å²) in [7, 11) is 3.21. The fraction of sp³-hybridized carbons (Fsp3) is 0.318. The minimum Gasteiger partial charge on any atom is -0.494 e. The van der Waals surface area contributed by atoms with Crippen molar-refractivity contribution in [2.75, 3.05) is 32.7 Å². The number of halogens is 1. The molecule has 1 saturated heterocycles. The van der Waals surface area contributed by atoms with Gasteiger partial charge in [-0.25, -0.2) is 4.99 Å². The van der Waals surface area contributed by atoms with Crippen LogP contribution in [0.1, 0.15) is 12.8 Å². The predicted molar refractivity (Wildman–Crippen MR) is 127 cm³/mol. The van der Waals surface area contributed by atoms with Gasteiger partial charge in [0, 0.05) is 36.8 Å². The molecule has 7 nitrogen and oxygen atoms in total. The molecule has 2 aromatic carbocycles. The fourth-order valence-corrected chi connectivity index (χ4v) is 4.48. The van der Waals surface area contributed by atoms with Crippen LogP contribution in [0.4, 0.5) is 11.4 Å². The van der Waals surface area contributed by atoms with Crippen LogP contribution in [0.2, 0.25) is 0 Å². The molecule has 0 spiro atoms. The van der Waals surface area contributed by atoms with Crippen molar-refractivity contribution in [3.8, 4) is 5.75 Å². The van der Waals surface area contributed by atoms with Gasteiger partial charge in [0.05, 0.1) is 7.11 Å². The van der Waals surface area contributed by atoms with Crippen LogP contribution < -0.4 is 10.1 Å². The fourth-order valence-electron chi connectivity index (χ4n) is 3.04. The highest BCUT2D eigenvalue weighted by Crippen LogP contribution is 2.34. The van der Waals surface area contributed by atoms with Gasteiger partial charge in [-0.1, -0.05) is 39.8 Å². The Kier molecular flexibility index (Phi) is 8.51. The number of carbonyl (C=O) groups is 2. The van der Waals surface area contributed by atoms with E-state index in [0.717, 1.165) is 4.47 Å². The van der Waals surface area contributed by atoms with Crippen molar-refractivity contribution in [3.05, 3.63) is 53.0 Å². The minimum absolute atomic E-state index is 0.0608. The maximum absolute atomic E-state index is 13.1. The Hall–Kier alpha value is -2.36. The Morgan fingerprint density at radius 2 is 1.94 bits per heavy atom. The molecular formula is C22H24BrN3O4S. The lowest BCUT2D eigenvalue weighted by Gasteiger charge is -2.16. The van der Waals surface area contributed by atoms with Gasteiger partial charge in [0.2, 0.25) is 11.8 Å². The molecule has 0 radical (unpaired) electrons. The molecule has 31 heavy (non-hydrogen) atoms. The summed E-state index contributed by atoms with van der Waals surface area (Å²) < 4.78 is 11.4. The van der Waals surface area contributed by atoms with Gasteiger partial charge < -0.3 is 14.8 Å². The summed E-state index contributed by atoms with van der Waals surface area (Å²) in [5.41, 5.74) is 1.32. The van der Waals surface area contributed by atoms with E-state index in [1.807, 2.05) is 36.4 Å². The van der Waals surface area contributed by atoms with E-state index in [9.17, 15) is 9.59 Å². The molecule has 0 saturated carbocycles. The first-order valence-corrected chi connectivity index (χ1v) is 11.4. The van der Waals surface area contributed by atoms with E-state index in [1.54, 1.807) is 31.3 Å². The third kappa shape index (κ3) is 6.32. The summed E-state index contributed by atoms with van der Waals surface area (Å²) in [6.45, 7) is 1.00. The third-order valence-corrected chi connectivity index (χ3v) is 6.25. The van der Waals surface area contributed by atoms with E-state index in [1.165, 1.54) is 11.8 Å². The summed E-state index contributed by atoms with van der Waals surface area (Å²) in [5, 5.41) is 2.87. The summed E-state index contributed by atoms with van der Waals surface area (Å²) in [6.07, 6.45) is 0.733. The molecule has 0 aromatic heterocycles. The summed E-state index contributed by atoms with van der Waals surface area (Å²) >= 11 is 4.67. The van der Waals surface area contributed by atoms with Gasteiger partial charge in [0.25, 0.3) is 0 Å². The zero-order chi connectivity index (χ0) is 22.2. The van der Waals surface area contributed by atoms with Crippen LogP contribution in [-0.4, -0.2) is 54.5 Å². The molecule has 2 amide bonds. The first-order valence-electron chi connectivity index (χ1n) is 9.76. The van der Waals surface area contributed by atoms with Crippen molar-refractivity contribution < 1.29 is 19.1 Å². The van der Waals surface area contributed by atoms with Crippen LogP contribution in [0.15, 0.2) is 58.0 Å². The summed E-state index contributed by atoms with van der Waals surface area (Å²) in [5.74, 6) is 0.278. The molecule has 3 rings (SSSR count). The summed E-state index contributed by atoms with van der Waals surface area (Å²) in [6, 6.07) is 14.7. The largest absolute Gasteiger partial charge is 0.494 e. The number of ether oxygens (including phenoxy) is 2. The minimum atomic E-state index is -0.536. The lowest BCUT2D eigenvalue weighted by molar-refractivity contribution is -0.128. The number of amidine groups is 1.